The maximum Gasteiger partial charge on any atom is 0.326 e. The number of nitrogens with one attached hydrogen (secondary N) is 1. The van der Waals surface area contributed by atoms with E-state index in [2.05, 4.69) is 5.32 Å². The van der Waals surface area contributed by atoms with Gasteiger partial charge in [-0.05, 0) is 24.3 Å². The highest BCUT2D eigenvalue weighted by molar-refractivity contribution is 6.32. The number of hydrogen-bond acceptors (Lipinski definition) is 3. The highest BCUT2D eigenvalue weighted by atomic mass is 35.5. The second kappa shape index (κ2) is 5.93. The first kappa shape index (κ1) is 15.9. The van der Waals surface area contributed by atoms with Gasteiger partial charge in [0.05, 0.1) is 10.7 Å². The Hall–Kier alpha value is -2.93. The summed E-state index contributed by atoms with van der Waals surface area (Å²) in [6, 6.07) is 8.04. The summed E-state index contributed by atoms with van der Waals surface area (Å²) in [6.07, 6.45) is 0. The minimum absolute atomic E-state index is 0.0530. The number of imide groups is 1. The van der Waals surface area contributed by atoms with Crippen molar-refractivity contribution in [2.75, 3.05) is 4.90 Å². The van der Waals surface area contributed by atoms with Gasteiger partial charge < -0.3 is 11.1 Å². The van der Waals surface area contributed by atoms with Crippen LogP contribution in [0.1, 0.15) is 22.0 Å². The van der Waals surface area contributed by atoms with Gasteiger partial charge in [-0.3, -0.25) is 9.59 Å². The molecule has 1 atom stereocenters. The van der Waals surface area contributed by atoms with E-state index in [1.54, 1.807) is 30.3 Å². The number of halogens is 2. The Bertz CT molecular complexity index is 857. The van der Waals surface area contributed by atoms with Crippen LogP contribution in [0.4, 0.5) is 14.9 Å². The highest BCUT2D eigenvalue weighted by Gasteiger charge is 2.41. The van der Waals surface area contributed by atoms with E-state index in [4.69, 9.17) is 17.3 Å². The van der Waals surface area contributed by atoms with Gasteiger partial charge in [0, 0.05) is 11.1 Å². The molecule has 0 fully saturated rings. The zero-order valence-corrected chi connectivity index (χ0v) is 12.9. The number of anilines is 1. The first-order chi connectivity index (χ1) is 11.4. The number of amides is 4. The van der Waals surface area contributed by atoms with Gasteiger partial charge in [0.1, 0.15) is 11.9 Å². The zero-order valence-electron chi connectivity index (χ0n) is 12.1. The average molecular weight is 348 g/mol. The summed E-state index contributed by atoms with van der Waals surface area (Å²) in [5.74, 6) is -2.08. The summed E-state index contributed by atoms with van der Waals surface area (Å²) in [4.78, 5) is 36.9. The molecule has 4 amide bonds. The summed E-state index contributed by atoms with van der Waals surface area (Å²) in [5.41, 5.74) is 5.70. The van der Waals surface area contributed by atoms with Gasteiger partial charge >= 0.3 is 6.03 Å². The van der Waals surface area contributed by atoms with E-state index in [-0.39, 0.29) is 16.3 Å². The van der Waals surface area contributed by atoms with Gasteiger partial charge in [-0.1, -0.05) is 29.8 Å². The molecule has 0 aliphatic carbocycles. The lowest BCUT2D eigenvalue weighted by atomic mass is 10.1. The molecule has 1 aliphatic rings. The number of urea groups is 1. The third-order valence-electron chi connectivity index (χ3n) is 3.62. The van der Waals surface area contributed by atoms with Crippen LogP contribution in [-0.4, -0.2) is 17.8 Å². The quantitative estimate of drug-likeness (QED) is 0.873. The smallest absolute Gasteiger partial charge is 0.326 e. The molecule has 0 spiro atoms. The van der Waals surface area contributed by atoms with Crippen molar-refractivity contribution >= 4 is 35.1 Å². The van der Waals surface area contributed by atoms with Crippen molar-refractivity contribution in [1.82, 2.24) is 5.32 Å². The van der Waals surface area contributed by atoms with Crippen molar-refractivity contribution in [3.05, 3.63) is 64.4 Å². The summed E-state index contributed by atoms with van der Waals surface area (Å²) >= 11 is 5.71. The summed E-state index contributed by atoms with van der Waals surface area (Å²) in [6.45, 7) is 0. The second-order valence-corrected chi connectivity index (χ2v) is 5.52. The molecule has 2 aromatic rings. The monoisotopic (exact) mass is 347 g/mol. The van der Waals surface area contributed by atoms with Crippen LogP contribution >= 0.6 is 11.6 Å². The molecule has 0 saturated heterocycles. The number of benzene rings is 2. The molecule has 0 bridgehead atoms. The molecule has 0 aromatic heterocycles. The fraction of sp³-hybridized carbons (Fsp3) is 0.0625. The number of carbonyl (C=O) groups is 3. The van der Waals surface area contributed by atoms with Gasteiger partial charge in [0.2, 0.25) is 0 Å². The molecule has 0 radical (unpaired) electrons. The molecule has 3 N–H and O–H groups in total. The van der Waals surface area contributed by atoms with Crippen LogP contribution in [-0.2, 0) is 4.79 Å². The zero-order chi connectivity index (χ0) is 17.4. The van der Waals surface area contributed by atoms with Gasteiger partial charge in [0.15, 0.2) is 0 Å². The number of carbonyl (C=O) groups excluding carboxylic acids is 3. The van der Waals surface area contributed by atoms with Crippen LogP contribution < -0.4 is 16.0 Å². The molecule has 122 valence electrons. The molecule has 1 heterocycles. The lowest BCUT2D eigenvalue weighted by molar-refractivity contribution is -0.119. The number of rotatable bonds is 2. The van der Waals surface area contributed by atoms with Crippen LogP contribution in [0.3, 0.4) is 0 Å². The number of nitrogens with zero attached hydrogens (tertiary/aromatic N) is 1. The molecule has 2 aromatic carbocycles. The van der Waals surface area contributed by atoms with Gasteiger partial charge in [-0.2, -0.15) is 0 Å². The van der Waals surface area contributed by atoms with Crippen LogP contribution in [0.25, 0.3) is 0 Å². The van der Waals surface area contributed by atoms with Crippen LogP contribution in [0, 0.1) is 5.82 Å². The number of nitrogens with two attached hydrogens (primary N) is 1. The first-order valence-electron chi connectivity index (χ1n) is 6.88. The number of primary amides is 1. The molecule has 8 heteroatoms. The van der Waals surface area contributed by atoms with E-state index in [1.807, 2.05) is 0 Å². The number of fused-ring (bicyclic) bond motifs is 1. The van der Waals surface area contributed by atoms with Crippen molar-refractivity contribution in [2.45, 2.75) is 6.04 Å². The van der Waals surface area contributed by atoms with E-state index < -0.39 is 29.7 Å². The maximum atomic E-state index is 13.8. The predicted octanol–water partition coefficient (Wildman–Crippen LogP) is 2.38. The van der Waals surface area contributed by atoms with E-state index in [0.29, 0.717) is 10.5 Å². The Morgan fingerprint density at radius 2 is 1.88 bits per heavy atom. The van der Waals surface area contributed by atoms with Crippen molar-refractivity contribution in [3.63, 3.8) is 0 Å². The Morgan fingerprint density at radius 1 is 1.21 bits per heavy atom. The average Bonchev–Trinajstić information content (AvgIpc) is 2.80. The van der Waals surface area contributed by atoms with Crippen molar-refractivity contribution in [1.29, 1.82) is 0 Å². The predicted molar refractivity (Wildman–Crippen MR) is 85.1 cm³/mol. The van der Waals surface area contributed by atoms with Crippen LogP contribution in [0.15, 0.2) is 42.5 Å². The normalized spacial score (nSPS) is 16.0. The minimum atomic E-state index is -1.23. The molecule has 24 heavy (non-hydrogen) atoms. The SMILES string of the molecule is NC(=O)N1C(=O)C(NC(=O)c2ccccc2)c2cc(F)c(Cl)cc21. The van der Waals surface area contributed by atoms with Gasteiger partial charge in [-0.15, -0.1) is 0 Å². The fourth-order valence-electron chi connectivity index (χ4n) is 2.53. The van der Waals surface area contributed by atoms with Crippen molar-refractivity contribution in [2.24, 2.45) is 5.73 Å². The number of hydrogen-bond donors (Lipinski definition) is 2. The largest absolute Gasteiger partial charge is 0.351 e. The highest BCUT2D eigenvalue weighted by Crippen LogP contribution is 2.38. The van der Waals surface area contributed by atoms with Crippen LogP contribution in [0.2, 0.25) is 5.02 Å². The maximum absolute atomic E-state index is 13.8. The molecule has 1 aliphatic heterocycles. The minimum Gasteiger partial charge on any atom is -0.351 e. The summed E-state index contributed by atoms with van der Waals surface area (Å²) < 4.78 is 13.8. The lowest BCUT2D eigenvalue weighted by Gasteiger charge is -2.14. The molecule has 6 nitrogen and oxygen atoms in total. The standard InChI is InChI=1S/C16H11ClFN3O3/c17-10-7-12-9(6-11(10)18)13(15(23)21(12)16(19)24)20-14(22)8-4-2-1-3-5-8/h1-7,13H,(H2,19,24)(H,20,22). The van der Waals surface area contributed by atoms with E-state index in [9.17, 15) is 18.8 Å². The summed E-state index contributed by atoms with van der Waals surface area (Å²) in [7, 11) is 0. The molecule has 0 saturated carbocycles. The van der Waals surface area contributed by atoms with E-state index >= 15 is 0 Å². The Morgan fingerprint density at radius 3 is 2.50 bits per heavy atom. The van der Waals surface area contributed by atoms with Crippen molar-refractivity contribution < 1.29 is 18.8 Å². The third kappa shape index (κ3) is 2.59. The first-order valence-corrected chi connectivity index (χ1v) is 7.26. The molecular weight excluding hydrogens is 337 g/mol. The molecular formula is C16H11ClFN3O3. The topological polar surface area (TPSA) is 92.5 Å². The van der Waals surface area contributed by atoms with Gasteiger partial charge in [-0.25, -0.2) is 14.1 Å². The van der Waals surface area contributed by atoms with Crippen molar-refractivity contribution in [3.8, 4) is 0 Å². The molecule has 3 rings (SSSR count). The Kier molecular flexibility index (Phi) is 3.94. The van der Waals surface area contributed by atoms with E-state index in [1.165, 1.54) is 0 Å². The van der Waals surface area contributed by atoms with Gasteiger partial charge in [0.25, 0.3) is 11.8 Å². The lowest BCUT2D eigenvalue weighted by Crippen LogP contribution is -2.42. The Balaban J connectivity index is 2.00. The second-order valence-electron chi connectivity index (χ2n) is 5.11. The third-order valence-corrected chi connectivity index (χ3v) is 3.91. The van der Waals surface area contributed by atoms with Crippen LogP contribution in [0.5, 0.6) is 0 Å². The summed E-state index contributed by atoms with van der Waals surface area (Å²) in [5, 5.41) is 2.22. The van der Waals surface area contributed by atoms with E-state index in [0.717, 1.165) is 12.1 Å². The molecule has 1 unspecified atom stereocenters. The Labute approximate surface area is 141 Å². The fourth-order valence-corrected chi connectivity index (χ4v) is 2.69.